The molecule has 8 atom stereocenters. The van der Waals surface area contributed by atoms with Crippen LogP contribution in [0.15, 0.2) is 159 Å². The van der Waals surface area contributed by atoms with Crippen LogP contribution >= 0.6 is 0 Å². The summed E-state index contributed by atoms with van der Waals surface area (Å²) in [5.41, 5.74) is 2.28. The van der Waals surface area contributed by atoms with Gasteiger partial charge in [-0.05, 0) is 133 Å². The quantitative estimate of drug-likeness (QED) is 0.0110. The summed E-state index contributed by atoms with van der Waals surface area (Å²) in [6, 6.07) is 26.6. The Hall–Kier alpha value is -10.3. The maximum Gasteiger partial charge on any atom is 0.408 e. The number of phenols is 2. The molecule has 534 valence electrons. The second-order valence-electron chi connectivity index (χ2n) is 24.8. The lowest BCUT2D eigenvalue weighted by atomic mass is 9.88. The molecule has 23 heteroatoms. The predicted octanol–water partition coefficient (Wildman–Crippen LogP) is 8.08. The summed E-state index contributed by atoms with van der Waals surface area (Å²) in [5.74, 6) is -8.29. The third-order valence-electron chi connectivity index (χ3n) is 15.5. The molecule has 0 saturated carbocycles. The monoisotopic (exact) mass is 1370 g/mol. The standard InChI is InChI=1S/C36H46N4O9.C36H44N2O8.C4H8/c1-36(2,3)49-35(47)40-30(20-24-15-17-26(41)18-16-24)33(45)38-28-13-9-6-10-14-29(34(46)48-4)39-31(43)25(19-23-11-7-5-8-12-23)21-27(42)22-37-32(28)44;1-5-10-27(21-32(41)24(3)18-26-14-16-29(39)17-15-26)35(44)37-23-30(40)20-28(19-25-12-8-7-9-13-25)33(42)22-34(43)38-31(11-6-2)36(45)46-4;1-3-4-2/h5-8,10-12,15-18,25,28-30,41H,9,13-14,19-22H2,1-4H3,(H,37,44)(H,38,45)(H,39,43)(H,40,47);5-9,12-17,24,27-28,31,39H,1-2,10-11,18-23H2,3-4H3,(H,37,44)(H,38,43);3-4H,1-2H3/b10-6-;;4-3-/t25-,28-,29-,30+;24-,27-,28+,31+;/m10./s1. The van der Waals surface area contributed by atoms with Crippen molar-refractivity contribution in [3.05, 3.63) is 181 Å². The Morgan fingerprint density at radius 1 is 0.657 bits per heavy atom. The highest BCUT2D eigenvalue weighted by Crippen LogP contribution is 2.22. The van der Waals surface area contributed by atoms with E-state index in [-0.39, 0.29) is 100 Å². The molecule has 0 spiro atoms. The molecule has 0 aliphatic carbocycles. The summed E-state index contributed by atoms with van der Waals surface area (Å²) in [6.45, 7) is 17.3. The average molecular weight is 1370 g/mol. The van der Waals surface area contributed by atoms with Crippen molar-refractivity contribution in [3.8, 4) is 11.5 Å². The van der Waals surface area contributed by atoms with E-state index < -0.39 is 125 Å². The number of ether oxygens (including phenoxy) is 3. The molecule has 6 amide bonds. The van der Waals surface area contributed by atoms with E-state index in [0.717, 1.165) is 16.7 Å². The van der Waals surface area contributed by atoms with Gasteiger partial charge < -0.3 is 56.3 Å². The number of ketones is 4. The molecule has 1 heterocycles. The normalized spacial score (nSPS) is 16.8. The number of esters is 2. The number of rotatable bonds is 29. The molecule has 0 aromatic heterocycles. The van der Waals surface area contributed by atoms with Gasteiger partial charge in [0.25, 0.3) is 0 Å². The van der Waals surface area contributed by atoms with Gasteiger partial charge in [0.05, 0.1) is 33.7 Å². The molecule has 0 bridgehead atoms. The first-order valence-corrected chi connectivity index (χ1v) is 32.9. The fourth-order valence-electron chi connectivity index (χ4n) is 10.1. The van der Waals surface area contributed by atoms with Crippen LogP contribution in [0.1, 0.15) is 122 Å². The molecule has 4 aromatic carbocycles. The number of alkyl carbamates (subject to hydrolysis) is 1. The second-order valence-corrected chi connectivity index (χ2v) is 24.8. The Balaban J connectivity index is 0.000000489. The number of allylic oxidation sites excluding steroid dienone is 4. The predicted molar refractivity (Wildman–Crippen MR) is 374 cm³/mol. The van der Waals surface area contributed by atoms with Crippen molar-refractivity contribution in [3.63, 3.8) is 0 Å². The number of phenolic OH excluding ortho intramolecular Hbond substituents is 2. The highest BCUT2D eigenvalue weighted by molar-refractivity contribution is 6.02. The van der Waals surface area contributed by atoms with Gasteiger partial charge in [-0.2, -0.15) is 0 Å². The van der Waals surface area contributed by atoms with Gasteiger partial charge >= 0.3 is 18.0 Å². The first kappa shape index (κ1) is 82.9. The summed E-state index contributed by atoms with van der Waals surface area (Å²) >= 11 is 0. The number of amides is 6. The van der Waals surface area contributed by atoms with E-state index in [1.54, 1.807) is 94.5 Å². The molecule has 4 aromatic rings. The lowest BCUT2D eigenvalue weighted by Gasteiger charge is -2.25. The lowest BCUT2D eigenvalue weighted by molar-refractivity contribution is -0.145. The van der Waals surface area contributed by atoms with Gasteiger partial charge in [-0.25, -0.2) is 14.4 Å². The van der Waals surface area contributed by atoms with Crippen LogP contribution in [0.3, 0.4) is 0 Å². The van der Waals surface area contributed by atoms with E-state index in [9.17, 15) is 67.7 Å². The fraction of sp³-hybridized carbons (Fsp3) is 0.421. The van der Waals surface area contributed by atoms with Crippen molar-refractivity contribution in [2.75, 3.05) is 27.3 Å². The molecule has 0 unspecified atom stereocenters. The molecule has 0 saturated heterocycles. The first-order chi connectivity index (χ1) is 47.1. The van der Waals surface area contributed by atoms with Crippen LogP contribution < -0.4 is 31.9 Å². The molecule has 0 radical (unpaired) electrons. The van der Waals surface area contributed by atoms with Crippen LogP contribution in [0, 0.1) is 23.7 Å². The third-order valence-corrected chi connectivity index (χ3v) is 15.5. The fourth-order valence-corrected chi connectivity index (χ4v) is 10.1. The maximum atomic E-state index is 13.6. The highest BCUT2D eigenvalue weighted by atomic mass is 16.6. The number of hydrogen-bond acceptors (Lipinski definition) is 17. The van der Waals surface area contributed by atoms with E-state index >= 15 is 0 Å². The van der Waals surface area contributed by atoms with Crippen LogP contribution in [0.4, 0.5) is 4.79 Å². The van der Waals surface area contributed by atoms with Crippen LogP contribution in [-0.4, -0.2) is 138 Å². The van der Waals surface area contributed by atoms with Crippen LogP contribution in [-0.2, 0) is 92.6 Å². The number of hydrogen-bond donors (Lipinski definition) is 8. The van der Waals surface area contributed by atoms with Crippen LogP contribution in [0.2, 0.25) is 0 Å². The Bertz CT molecular complexity index is 3380. The molecule has 5 rings (SSSR count). The van der Waals surface area contributed by atoms with Gasteiger partial charge in [-0.1, -0.05) is 128 Å². The Labute approximate surface area is 580 Å². The maximum absolute atomic E-state index is 13.6. The smallest absolute Gasteiger partial charge is 0.408 e. The van der Waals surface area contributed by atoms with Crippen molar-refractivity contribution in [2.45, 2.75) is 155 Å². The third kappa shape index (κ3) is 33.0. The molecule has 0 fully saturated rings. The minimum Gasteiger partial charge on any atom is -0.508 e. The number of carbonyl (C=O) groups excluding carboxylic acids is 12. The molecule has 99 heavy (non-hydrogen) atoms. The molecule has 1 aliphatic heterocycles. The van der Waals surface area contributed by atoms with E-state index in [1.165, 1.54) is 32.4 Å². The lowest BCUT2D eigenvalue weighted by Crippen LogP contribution is -2.55. The SMILES string of the molecule is C/C=C\C.C=CC[C@@H](CC(=O)[C@@H](C)Cc1ccc(O)cc1)C(=O)NCC(=O)C[C@@H](Cc1ccccc1)C(=O)CC(=O)N[C@H](CC=C)C(=O)OC.COC(=O)[C@H]1C/C=C\CC[C@@H](NC(=O)[C@H](Cc2ccc(O)cc2)NC(=O)OC(C)(C)C)C(=O)NCC(=O)C[C@@H](Cc2ccccc2)C(=O)N1. The van der Waals surface area contributed by atoms with Crippen molar-refractivity contribution in [2.24, 2.45) is 23.7 Å². The average Bonchev–Trinajstić information content (AvgIpc) is 1.16. The zero-order chi connectivity index (χ0) is 73.5. The molecular weight excluding hydrogens is 1270 g/mol. The van der Waals surface area contributed by atoms with Crippen molar-refractivity contribution < 1.29 is 82.0 Å². The Morgan fingerprint density at radius 3 is 1.79 bits per heavy atom. The number of aromatic hydroxyl groups is 2. The molecule has 1 aliphatic rings. The minimum atomic E-state index is -1.15. The summed E-state index contributed by atoms with van der Waals surface area (Å²) in [7, 11) is 2.41. The van der Waals surface area contributed by atoms with Gasteiger partial charge in [0, 0.05) is 49.4 Å². The number of Topliss-reactive ketones (excluding diaryl/α,β-unsaturated/α-hetero) is 4. The number of benzene rings is 4. The van der Waals surface area contributed by atoms with Gasteiger partial charge in [-0.15, -0.1) is 13.2 Å². The van der Waals surface area contributed by atoms with E-state index in [0.29, 0.717) is 12.0 Å². The van der Waals surface area contributed by atoms with Gasteiger partial charge in [0.2, 0.25) is 29.5 Å². The molecule has 23 nitrogen and oxygen atoms in total. The second kappa shape index (κ2) is 44.5. The van der Waals surface area contributed by atoms with E-state index in [4.69, 9.17) is 14.2 Å². The number of methoxy groups -OCH3 is 2. The van der Waals surface area contributed by atoms with E-state index in [2.05, 4.69) is 45.1 Å². The number of carbonyl (C=O) groups is 12. The topological polar surface area (TPSA) is 345 Å². The zero-order valence-corrected chi connectivity index (χ0v) is 58.0. The highest BCUT2D eigenvalue weighted by Gasteiger charge is 2.33. The van der Waals surface area contributed by atoms with Gasteiger partial charge in [0.1, 0.15) is 52.8 Å². The van der Waals surface area contributed by atoms with E-state index in [1.807, 2.05) is 74.5 Å². The summed E-state index contributed by atoms with van der Waals surface area (Å²) < 4.78 is 14.9. The van der Waals surface area contributed by atoms with Gasteiger partial charge in [-0.3, -0.25) is 43.2 Å². The van der Waals surface area contributed by atoms with Crippen molar-refractivity contribution in [1.29, 1.82) is 0 Å². The summed E-state index contributed by atoms with van der Waals surface area (Å²) in [4.78, 5) is 156. The Morgan fingerprint density at radius 2 is 1.23 bits per heavy atom. The van der Waals surface area contributed by atoms with Gasteiger partial charge in [0.15, 0.2) is 11.6 Å². The Kier molecular flexibility index (Phi) is 37.3. The first-order valence-electron chi connectivity index (χ1n) is 32.9. The number of nitrogens with one attached hydrogen (secondary N) is 6. The zero-order valence-electron chi connectivity index (χ0n) is 58.0. The van der Waals surface area contributed by atoms with Crippen molar-refractivity contribution in [1.82, 2.24) is 31.9 Å². The van der Waals surface area contributed by atoms with Crippen LogP contribution in [0.5, 0.6) is 11.5 Å². The van der Waals surface area contributed by atoms with Crippen molar-refractivity contribution >= 4 is 70.7 Å². The van der Waals surface area contributed by atoms with Crippen LogP contribution in [0.25, 0.3) is 0 Å². The largest absolute Gasteiger partial charge is 0.508 e. The molecule has 8 N–H and O–H groups in total. The summed E-state index contributed by atoms with van der Waals surface area (Å²) in [5, 5.41) is 34.8. The summed E-state index contributed by atoms with van der Waals surface area (Å²) in [6.07, 6.45) is 10.3. The molecular formula is C76H98N6O17. The minimum absolute atomic E-state index is 0.0246.